The largest absolute Gasteiger partial charge is 0.464 e. The van der Waals surface area contributed by atoms with Crippen molar-refractivity contribution in [3.63, 3.8) is 0 Å². The zero-order valence-corrected chi connectivity index (χ0v) is 25.1. The van der Waals surface area contributed by atoms with Crippen LogP contribution in [0.5, 0.6) is 0 Å². The smallest absolute Gasteiger partial charge is 0.326 e. The average molecular weight is 616 g/mol. The minimum atomic E-state index is -4.20. The quantitative estimate of drug-likeness (QED) is 0.0986. The van der Waals surface area contributed by atoms with Crippen LogP contribution in [-0.4, -0.2) is 66.2 Å². The molecule has 228 valence electrons. The summed E-state index contributed by atoms with van der Waals surface area (Å²) >= 11 is 0. The van der Waals surface area contributed by atoms with Crippen LogP contribution in [0.1, 0.15) is 27.9 Å². The molecule has 5 N–H and O–H groups in total. The van der Waals surface area contributed by atoms with E-state index in [0.717, 1.165) is 16.5 Å². The summed E-state index contributed by atoms with van der Waals surface area (Å²) in [5, 5.41) is 13.3. The Bertz CT molecular complexity index is 1830. The molecule has 3 aromatic carbocycles. The van der Waals surface area contributed by atoms with E-state index in [4.69, 9.17) is 4.74 Å². The molecule has 5 aromatic rings. The minimum absolute atomic E-state index is 0.0268. The number of benzene rings is 3. The predicted molar refractivity (Wildman–Crippen MR) is 167 cm³/mol. The average Bonchev–Trinajstić information content (AvgIpc) is 3.70. The first kappa shape index (κ1) is 30.4. The van der Waals surface area contributed by atoms with Crippen molar-refractivity contribution in [2.75, 3.05) is 25.0 Å². The lowest BCUT2D eigenvalue weighted by atomic mass is 10.0. The second kappa shape index (κ2) is 13.5. The second-order valence-electron chi connectivity index (χ2n) is 10.2. The Labute approximate surface area is 254 Å². The summed E-state index contributed by atoms with van der Waals surface area (Å²) in [6.07, 6.45) is 5.37. The van der Waals surface area contributed by atoms with Crippen LogP contribution in [0.3, 0.4) is 0 Å². The number of aromatic nitrogens is 4. The summed E-state index contributed by atoms with van der Waals surface area (Å²) in [6.45, 7) is 3.58. The first-order chi connectivity index (χ1) is 21.2. The number of rotatable bonds is 13. The molecule has 0 aliphatic rings. The summed E-state index contributed by atoms with van der Waals surface area (Å²) < 4.78 is 35.3. The van der Waals surface area contributed by atoms with E-state index in [-0.39, 0.29) is 18.0 Å². The second-order valence-corrected chi connectivity index (χ2v) is 11.9. The molecule has 2 aromatic heterocycles. The summed E-state index contributed by atoms with van der Waals surface area (Å²) in [4.78, 5) is 33.2. The molecule has 1 unspecified atom stereocenters. The number of hydrogen-bond acceptors (Lipinski definition) is 8. The summed E-state index contributed by atoms with van der Waals surface area (Å²) in [5.74, 6) is -0.713. The molecule has 0 aliphatic heterocycles. The number of anilines is 1. The van der Waals surface area contributed by atoms with E-state index >= 15 is 0 Å². The Balaban J connectivity index is 1.31. The third kappa shape index (κ3) is 7.30. The number of fused-ring (bicyclic) bond motifs is 1. The number of nitrogens with one attached hydrogen (secondary N) is 5. The van der Waals surface area contributed by atoms with Gasteiger partial charge in [0.2, 0.25) is 10.0 Å². The fraction of sp³-hybridized carbons (Fsp3) is 0.226. The molecule has 0 fully saturated rings. The SMILES string of the molecule is Cc1cc(-c2ccccc2)cc(C)c1S(=O)(=O)NC(CNC(=O)c1ccc2cn[nH]c2c1)C(=O)OCCCNc1ncc[nH]1. The number of amides is 1. The number of H-pyrrole nitrogens is 2. The van der Waals surface area contributed by atoms with Gasteiger partial charge in [0, 0.05) is 36.4 Å². The van der Waals surface area contributed by atoms with Crippen molar-refractivity contribution in [2.45, 2.75) is 31.2 Å². The molecular weight excluding hydrogens is 582 g/mol. The van der Waals surface area contributed by atoms with Gasteiger partial charge >= 0.3 is 5.97 Å². The highest BCUT2D eigenvalue weighted by atomic mass is 32.2. The van der Waals surface area contributed by atoms with E-state index < -0.39 is 27.9 Å². The van der Waals surface area contributed by atoms with Crippen LogP contribution in [0.2, 0.25) is 0 Å². The van der Waals surface area contributed by atoms with Gasteiger partial charge in [-0.25, -0.2) is 13.4 Å². The van der Waals surface area contributed by atoms with Crippen molar-refractivity contribution in [3.05, 3.63) is 95.9 Å². The topological polar surface area (TPSA) is 171 Å². The number of esters is 1. The standard InChI is InChI=1S/C31H33N7O5S/c1-20-15-25(22-7-4-3-5-8-22)16-21(2)28(20)44(41,42)38-27(30(40)43-14-6-11-32-31-33-12-13-34-31)19-35-29(39)23-9-10-24-18-36-37-26(24)17-23/h3-5,7-10,12-13,15-18,27,38H,6,11,14,19H2,1-2H3,(H,35,39)(H,36,37)(H2,32,33,34). The fourth-order valence-corrected chi connectivity index (χ4v) is 6.52. The van der Waals surface area contributed by atoms with E-state index in [1.165, 1.54) is 0 Å². The lowest BCUT2D eigenvalue weighted by Crippen LogP contribution is -2.49. The fourth-order valence-electron chi connectivity index (χ4n) is 4.88. The maximum absolute atomic E-state index is 13.7. The van der Waals surface area contributed by atoms with Crippen molar-refractivity contribution < 1.29 is 22.7 Å². The Morgan fingerprint density at radius 2 is 1.77 bits per heavy atom. The van der Waals surface area contributed by atoms with Gasteiger partial charge in [0.15, 0.2) is 5.95 Å². The molecule has 2 heterocycles. The van der Waals surface area contributed by atoms with Gasteiger partial charge < -0.3 is 20.4 Å². The van der Waals surface area contributed by atoms with Crippen LogP contribution in [0.4, 0.5) is 5.95 Å². The highest BCUT2D eigenvalue weighted by molar-refractivity contribution is 7.89. The number of carbonyl (C=O) groups is 2. The van der Waals surface area contributed by atoms with E-state index in [1.807, 2.05) is 30.3 Å². The normalized spacial score (nSPS) is 12.1. The molecule has 0 saturated heterocycles. The number of sulfonamides is 1. The minimum Gasteiger partial charge on any atom is -0.464 e. The van der Waals surface area contributed by atoms with E-state index in [0.29, 0.717) is 41.1 Å². The van der Waals surface area contributed by atoms with Crippen molar-refractivity contribution in [2.24, 2.45) is 0 Å². The maximum atomic E-state index is 13.7. The van der Waals surface area contributed by atoms with Gasteiger partial charge in [-0.1, -0.05) is 48.5 Å². The monoisotopic (exact) mass is 615 g/mol. The molecule has 44 heavy (non-hydrogen) atoms. The first-order valence-electron chi connectivity index (χ1n) is 14.0. The van der Waals surface area contributed by atoms with Gasteiger partial charge in [0.25, 0.3) is 5.91 Å². The first-order valence-corrected chi connectivity index (χ1v) is 15.5. The number of carbonyl (C=O) groups excluding carboxylic acids is 2. The summed E-state index contributed by atoms with van der Waals surface area (Å²) in [5.41, 5.74) is 3.86. The maximum Gasteiger partial charge on any atom is 0.326 e. The van der Waals surface area contributed by atoms with Crippen LogP contribution < -0.4 is 15.4 Å². The molecule has 0 spiro atoms. The molecular formula is C31H33N7O5S. The number of hydrogen-bond donors (Lipinski definition) is 5. The van der Waals surface area contributed by atoms with Crippen molar-refractivity contribution in [3.8, 4) is 11.1 Å². The number of imidazole rings is 1. The number of aryl methyl sites for hydroxylation is 2. The van der Waals surface area contributed by atoms with Crippen molar-refractivity contribution in [1.29, 1.82) is 0 Å². The summed E-state index contributed by atoms with van der Waals surface area (Å²) in [6, 6.07) is 16.8. The zero-order valence-electron chi connectivity index (χ0n) is 24.3. The molecule has 0 aliphatic carbocycles. The number of nitrogens with zero attached hydrogens (tertiary/aromatic N) is 2. The Kier molecular flexibility index (Phi) is 9.36. The lowest BCUT2D eigenvalue weighted by Gasteiger charge is -2.20. The van der Waals surface area contributed by atoms with Gasteiger partial charge in [0.1, 0.15) is 6.04 Å². The highest BCUT2D eigenvalue weighted by Crippen LogP contribution is 2.28. The van der Waals surface area contributed by atoms with Crippen LogP contribution in [0, 0.1) is 13.8 Å². The molecule has 0 bridgehead atoms. The Hall–Kier alpha value is -5.01. The molecule has 0 radical (unpaired) electrons. The van der Waals surface area contributed by atoms with Crippen molar-refractivity contribution >= 4 is 38.8 Å². The Morgan fingerprint density at radius 1 is 1.00 bits per heavy atom. The highest BCUT2D eigenvalue weighted by Gasteiger charge is 2.30. The van der Waals surface area contributed by atoms with E-state index in [2.05, 4.69) is 35.5 Å². The predicted octanol–water partition coefficient (Wildman–Crippen LogP) is 3.69. The molecule has 5 rings (SSSR count). The molecule has 12 nitrogen and oxygen atoms in total. The van der Waals surface area contributed by atoms with Crippen LogP contribution in [-0.2, 0) is 19.6 Å². The van der Waals surface area contributed by atoms with Crippen LogP contribution in [0.15, 0.2) is 84.1 Å². The molecule has 13 heteroatoms. The lowest BCUT2D eigenvalue weighted by molar-refractivity contribution is -0.145. The van der Waals surface area contributed by atoms with E-state index in [9.17, 15) is 18.0 Å². The van der Waals surface area contributed by atoms with E-state index in [1.54, 1.807) is 62.8 Å². The van der Waals surface area contributed by atoms with Gasteiger partial charge in [0.05, 0.1) is 23.2 Å². The molecule has 1 amide bonds. The van der Waals surface area contributed by atoms with Crippen LogP contribution >= 0.6 is 0 Å². The van der Waals surface area contributed by atoms with Gasteiger partial charge in [-0.3, -0.25) is 14.7 Å². The van der Waals surface area contributed by atoms with Gasteiger partial charge in [-0.05, 0) is 54.7 Å². The molecule has 1 atom stereocenters. The van der Waals surface area contributed by atoms with Crippen molar-refractivity contribution in [1.82, 2.24) is 30.2 Å². The third-order valence-corrected chi connectivity index (χ3v) is 8.72. The number of aromatic amines is 2. The van der Waals surface area contributed by atoms with Gasteiger partial charge in [-0.2, -0.15) is 9.82 Å². The Morgan fingerprint density at radius 3 is 2.50 bits per heavy atom. The zero-order chi connectivity index (χ0) is 31.1. The summed E-state index contributed by atoms with van der Waals surface area (Å²) in [7, 11) is -4.20. The number of ether oxygens (including phenoxy) is 1. The van der Waals surface area contributed by atoms with Crippen LogP contribution in [0.25, 0.3) is 22.0 Å². The molecule has 0 saturated carbocycles. The third-order valence-electron chi connectivity index (χ3n) is 6.95. The van der Waals surface area contributed by atoms with Gasteiger partial charge in [-0.15, -0.1) is 0 Å².